The molecule has 0 aliphatic carbocycles. The predicted molar refractivity (Wildman–Crippen MR) is 130 cm³/mol. The number of thiazole rings is 1. The number of carbonyl (C=O) groups is 1. The molecule has 4 heterocycles. The number of benzene rings is 1. The van der Waals surface area contributed by atoms with Crippen LogP contribution in [0.3, 0.4) is 0 Å². The first-order chi connectivity index (χ1) is 16.2. The van der Waals surface area contributed by atoms with Crippen LogP contribution >= 0.6 is 11.3 Å². The zero-order valence-corrected chi connectivity index (χ0v) is 19.5. The molecule has 1 aromatic carbocycles. The summed E-state index contributed by atoms with van der Waals surface area (Å²) in [5.74, 6) is 0.296. The first-order valence-corrected chi connectivity index (χ1v) is 12.2. The molecule has 3 aromatic heterocycles. The SMILES string of the molecule is Cc1cccn2cc(COc3ccccc3C(=O)Nc3nc(CN4CCCCC4)cs3)nc12. The van der Waals surface area contributed by atoms with Gasteiger partial charge < -0.3 is 9.14 Å². The molecule has 1 amide bonds. The van der Waals surface area contributed by atoms with Crippen LogP contribution in [0.15, 0.2) is 54.2 Å². The van der Waals surface area contributed by atoms with E-state index >= 15 is 0 Å². The molecule has 8 heteroatoms. The van der Waals surface area contributed by atoms with Crippen LogP contribution in [-0.2, 0) is 13.2 Å². The first-order valence-electron chi connectivity index (χ1n) is 11.3. The lowest BCUT2D eigenvalue weighted by Crippen LogP contribution is -2.29. The van der Waals surface area contributed by atoms with E-state index in [4.69, 9.17) is 4.74 Å². The summed E-state index contributed by atoms with van der Waals surface area (Å²) in [7, 11) is 0. The Labute approximate surface area is 197 Å². The number of piperidine rings is 1. The number of carbonyl (C=O) groups excluding carboxylic acids is 1. The highest BCUT2D eigenvalue weighted by molar-refractivity contribution is 7.14. The number of nitrogens with one attached hydrogen (secondary N) is 1. The lowest BCUT2D eigenvalue weighted by atomic mass is 10.1. The predicted octanol–water partition coefficient (Wildman–Crippen LogP) is 4.92. The second-order valence-electron chi connectivity index (χ2n) is 8.37. The minimum atomic E-state index is -0.227. The summed E-state index contributed by atoms with van der Waals surface area (Å²) in [6, 6.07) is 11.3. The maximum atomic E-state index is 13.0. The number of rotatable bonds is 7. The van der Waals surface area contributed by atoms with Gasteiger partial charge in [0.05, 0.1) is 17.0 Å². The quantitative estimate of drug-likeness (QED) is 0.423. The van der Waals surface area contributed by atoms with E-state index < -0.39 is 0 Å². The molecule has 1 aliphatic heterocycles. The number of para-hydroxylation sites is 1. The molecule has 0 unspecified atom stereocenters. The third-order valence-electron chi connectivity index (χ3n) is 5.84. The Morgan fingerprint density at radius 3 is 2.79 bits per heavy atom. The maximum Gasteiger partial charge on any atom is 0.261 e. The zero-order valence-electron chi connectivity index (χ0n) is 18.7. The molecule has 4 aromatic rings. The molecular weight excluding hydrogens is 434 g/mol. The summed E-state index contributed by atoms with van der Waals surface area (Å²) in [6.45, 7) is 5.39. The van der Waals surface area contributed by atoms with Crippen LogP contribution < -0.4 is 10.1 Å². The second kappa shape index (κ2) is 9.72. The molecule has 0 saturated carbocycles. The summed E-state index contributed by atoms with van der Waals surface area (Å²) in [4.78, 5) is 24.7. The number of ether oxygens (including phenoxy) is 1. The molecule has 0 radical (unpaired) electrons. The van der Waals surface area contributed by atoms with Crippen molar-refractivity contribution in [1.82, 2.24) is 19.3 Å². The monoisotopic (exact) mass is 461 g/mol. The summed E-state index contributed by atoms with van der Waals surface area (Å²) in [5, 5.41) is 5.57. The van der Waals surface area contributed by atoms with E-state index in [1.54, 1.807) is 12.1 Å². The molecule has 170 valence electrons. The van der Waals surface area contributed by atoms with Gasteiger partial charge in [0.25, 0.3) is 5.91 Å². The summed E-state index contributed by atoms with van der Waals surface area (Å²) < 4.78 is 7.98. The van der Waals surface area contributed by atoms with Crippen molar-refractivity contribution in [1.29, 1.82) is 0 Å². The average Bonchev–Trinajstić information content (AvgIpc) is 3.46. The molecule has 1 saturated heterocycles. The number of nitrogens with zero attached hydrogens (tertiary/aromatic N) is 4. The Hall–Kier alpha value is -3.23. The highest BCUT2D eigenvalue weighted by atomic mass is 32.1. The van der Waals surface area contributed by atoms with Crippen LogP contribution in [-0.4, -0.2) is 38.3 Å². The fourth-order valence-corrected chi connectivity index (χ4v) is 4.85. The highest BCUT2D eigenvalue weighted by Gasteiger charge is 2.16. The Bertz CT molecular complexity index is 1260. The fraction of sp³-hybridized carbons (Fsp3) is 0.320. The Morgan fingerprint density at radius 2 is 1.94 bits per heavy atom. The number of fused-ring (bicyclic) bond motifs is 1. The second-order valence-corrected chi connectivity index (χ2v) is 9.23. The average molecular weight is 462 g/mol. The van der Waals surface area contributed by atoms with Crippen LogP contribution in [0.1, 0.15) is 46.6 Å². The molecule has 0 atom stereocenters. The largest absolute Gasteiger partial charge is 0.486 e. The van der Waals surface area contributed by atoms with E-state index in [0.717, 1.165) is 42.2 Å². The normalized spacial score (nSPS) is 14.5. The Morgan fingerprint density at radius 1 is 1.09 bits per heavy atom. The van der Waals surface area contributed by atoms with Gasteiger partial charge in [-0.25, -0.2) is 9.97 Å². The molecule has 0 spiro atoms. The van der Waals surface area contributed by atoms with Crippen molar-refractivity contribution in [2.45, 2.75) is 39.3 Å². The fourth-order valence-electron chi connectivity index (χ4n) is 4.15. The summed E-state index contributed by atoms with van der Waals surface area (Å²) >= 11 is 1.46. The number of amides is 1. The topological polar surface area (TPSA) is 71.8 Å². The minimum absolute atomic E-state index is 0.227. The van der Waals surface area contributed by atoms with Crippen molar-refractivity contribution in [3.8, 4) is 5.75 Å². The molecule has 1 N–H and O–H groups in total. The van der Waals surface area contributed by atoms with E-state index in [9.17, 15) is 4.79 Å². The van der Waals surface area contributed by atoms with Gasteiger partial charge in [0.15, 0.2) is 5.13 Å². The lowest BCUT2D eigenvalue weighted by Gasteiger charge is -2.25. The maximum absolute atomic E-state index is 13.0. The van der Waals surface area contributed by atoms with Crippen molar-refractivity contribution in [2.75, 3.05) is 18.4 Å². The standard InChI is InChI=1S/C25H27N5O2S/c1-18-8-7-13-30-15-19(26-23(18)30)16-32-22-10-4-3-9-21(22)24(31)28-25-27-20(17-33-25)14-29-11-5-2-6-12-29/h3-4,7-10,13,15,17H,2,5-6,11-12,14,16H2,1H3,(H,27,28,31). The lowest BCUT2D eigenvalue weighted by molar-refractivity contribution is 0.102. The molecule has 0 bridgehead atoms. The molecule has 7 nitrogen and oxygen atoms in total. The first kappa shape index (κ1) is 21.6. The van der Waals surface area contributed by atoms with Gasteiger partial charge in [-0.15, -0.1) is 11.3 Å². The smallest absolute Gasteiger partial charge is 0.261 e. The minimum Gasteiger partial charge on any atom is -0.486 e. The van der Waals surface area contributed by atoms with Crippen LogP contribution in [0.2, 0.25) is 0 Å². The van der Waals surface area contributed by atoms with E-state index in [1.165, 1.54) is 30.6 Å². The van der Waals surface area contributed by atoms with E-state index in [-0.39, 0.29) is 12.5 Å². The third kappa shape index (κ3) is 5.07. The number of pyridine rings is 1. The molecule has 1 fully saturated rings. The van der Waals surface area contributed by atoms with Crippen molar-refractivity contribution in [3.63, 3.8) is 0 Å². The van der Waals surface area contributed by atoms with Gasteiger partial charge in [0, 0.05) is 24.3 Å². The number of likely N-dealkylation sites (tertiary alicyclic amines) is 1. The van der Waals surface area contributed by atoms with Gasteiger partial charge >= 0.3 is 0 Å². The highest BCUT2D eigenvalue weighted by Crippen LogP contribution is 2.23. The van der Waals surface area contributed by atoms with Crippen molar-refractivity contribution >= 4 is 28.0 Å². The van der Waals surface area contributed by atoms with Gasteiger partial charge in [-0.1, -0.05) is 24.6 Å². The summed E-state index contributed by atoms with van der Waals surface area (Å²) in [5.41, 5.74) is 4.30. The molecular formula is C25H27N5O2S. The van der Waals surface area contributed by atoms with Crippen molar-refractivity contribution < 1.29 is 9.53 Å². The van der Waals surface area contributed by atoms with Gasteiger partial charge in [-0.3, -0.25) is 15.0 Å². The van der Waals surface area contributed by atoms with Gasteiger partial charge in [0.1, 0.15) is 18.0 Å². The number of aryl methyl sites for hydroxylation is 1. The van der Waals surface area contributed by atoms with Crippen LogP contribution in [0.25, 0.3) is 5.65 Å². The van der Waals surface area contributed by atoms with Crippen LogP contribution in [0.4, 0.5) is 5.13 Å². The van der Waals surface area contributed by atoms with E-state index in [1.807, 2.05) is 53.4 Å². The van der Waals surface area contributed by atoms with E-state index in [2.05, 4.69) is 20.2 Å². The van der Waals surface area contributed by atoms with Crippen LogP contribution in [0.5, 0.6) is 5.75 Å². The number of hydrogen-bond donors (Lipinski definition) is 1. The number of imidazole rings is 1. The molecule has 1 aliphatic rings. The third-order valence-corrected chi connectivity index (χ3v) is 6.65. The number of aromatic nitrogens is 3. The summed E-state index contributed by atoms with van der Waals surface area (Å²) in [6.07, 6.45) is 7.73. The Balaban J connectivity index is 1.24. The number of anilines is 1. The molecule has 33 heavy (non-hydrogen) atoms. The Kier molecular flexibility index (Phi) is 6.37. The zero-order chi connectivity index (χ0) is 22.6. The van der Waals surface area contributed by atoms with Crippen molar-refractivity contribution in [2.24, 2.45) is 0 Å². The van der Waals surface area contributed by atoms with E-state index in [0.29, 0.717) is 16.4 Å². The van der Waals surface area contributed by atoms with Gasteiger partial charge in [-0.2, -0.15) is 0 Å². The van der Waals surface area contributed by atoms with Gasteiger partial charge in [0.2, 0.25) is 0 Å². The molecule has 5 rings (SSSR count). The van der Waals surface area contributed by atoms with Crippen molar-refractivity contribution in [3.05, 3.63) is 76.7 Å². The van der Waals surface area contributed by atoms with Gasteiger partial charge in [-0.05, 0) is 56.6 Å². The number of hydrogen-bond acceptors (Lipinski definition) is 6. The van der Waals surface area contributed by atoms with Crippen LogP contribution in [0, 0.1) is 6.92 Å².